The molecule has 0 aliphatic heterocycles. The second-order valence-corrected chi connectivity index (χ2v) is 5.55. The average molecular weight is 240 g/mol. The van der Waals surface area contributed by atoms with Gasteiger partial charge >= 0.3 is 0 Å². The first kappa shape index (κ1) is 14.0. The Labute approximate surface area is 104 Å². The topological polar surface area (TPSA) is 58.2 Å². The van der Waals surface area contributed by atoms with Crippen LogP contribution in [0.1, 0.15) is 47.0 Å². The maximum absolute atomic E-state index is 12.1. The second-order valence-electron chi connectivity index (χ2n) is 5.55. The molecule has 0 saturated heterocycles. The molecule has 98 valence electrons. The van der Waals surface area contributed by atoms with Gasteiger partial charge in [-0.15, -0.1) is 0 Å². The number of hydrogen-bond donors (Lipinski definition) is 2. The van der Waals surface area contributed by atoms with Gasteiger partial charge in [-0.05, 0) is 31.1 Å². The van der Waals surface area contributed by atoms with Crippen LogP contribution in [-0.2, 0) is 9.59 Å². The molecule has 1 fully saturated rings. The summed E-state index contributed by atoms with van der Waals surface area (Å²) in [6.45, 7) is 7.54. The number of hydrogen-bond acceptors (Lipinski definition) is 2. The molecule has 0 aromatic carbocycles. The van der Waals surface area contributed by atoms with Gasteiger partial charge in [0.25, 0.3) is 0 Å². The van der Waals surface area contributed by atoms with Crippen molar-refractivity contribution in [2.75, 3.05) is 0 Å². The molecule has 1 aliphatic rings. The summed E-state index contributed by atoms with van der Waals surface area (Å²) >= 11 is 0. The van der Waals surface area contributed by atoms with Crippen molar-refractivity contribution in [2.24, 2.45) is 11.8 Å². The fourth-order valence-electron chi connectivity index (χ4n) is 2.38. The van der Waals surface area contributed by atoms with Crippen molar-refractivity contribution in [3.05, 3.63) is 0 Å². The maximum Gasteiger partial charge on any atom is 0.243 e. The lowest BCUT2D eigenvalue weighted by Crippen LogP contribution is -2.51. The predicted molar refractivity (Wildman–Crippen MR) is 67.4 cm³/mol. The molecular weight excluding hydrogens is 216 g/mol. The minimum Gasteiger partial charge on any atom is -0.352 e. The highest BCUT2D eigenvalue weighted by atomic mass is 16.2. The third kappa shape index (κ3) is 4.36. The molecule has 1 rings (SSSR count). The Kier molecular flexibility index (Phi) is 4.97. The van der Waals surface area contributed by atoms with Crippen LogP contribution in [0.25, 0.3) is 0 Å². The van der Waals surface area contributed by atoms with Gasteiger partial charge in [0.1, 0.15) is 6.04 Å². The molecule has 3 atom stereocenters. The van der Waals surface area contributed by atoms with Crippen molar-refractivity contribution in [1.82, 2.24) is 10.6 Å². The lowest BCUT2D eigenvalue weighted by atomic mass is 10.0. The second kappa shape index (κ2) is 6.03. The smallest absolute Gasteiger partial charge is 0.243 e. The van der Waals surface area contributed by atoms with Crippen molar-refractivity contribution in [3.8, 4) is 0 Å². The monoisotopic (exact) mass is 240 g/mol. The van der Waals surface area contributed by atoms with E-state index in [1.165, 1.54) is 13.3 Å². The van der Waals surface area contributed by atoms with Crippen LogP contribution >= 0.6 is 0 Å². The summed E-state index contributed by atoms with van der Waals surface area (Å²) in [6.07, 6.45) is 3.28. The highest BCUT2D eigenvalue weighted by molar-refractivity contribution is 5.87. The summed E-state index contributed by atoms with van der Waals surface area (Å²) in [7, 11) is 0. The molecule has 4 nitrogen and oxygen atoms in total. The molecule has 1 saturated carbocycles. The van der Waals surface area contributed by atoms with Crippen LogP contribution < -0.4 is 10.6 Å². The summed E-state index contributed by atoms with van der Waals surface area (Å²) in [5.74, 6) is 0.601. The SMILES string of the molecule is CC(=O)NC(C(=O)NC1CCC(C)C1)C(C)C. The van der Waals surface area contributed by atoms with Gasteiger partial charge in [0.05, 0.1) is 0 Å². The molecule has 2 N–H and O–H groups in total. The molecule has 0 radical (unpaired) electrons. The van der Waals surface area contributed by atoms with Gasteiger partial charge in [0.15, 0.2) is 0 Å². The van der Waals surface area contributed by atoms with E-state index >= 15 is 0 Å². The Morgan fingerprint density at radius 1 is 1.24 bits per heavy atom. The highest BCUT2D eigenvalue weighted by Crippen LogP contribution is 2.24. The Morgan fingerprint density at radius 2 is 1.88 bits per heavy atom. The predicted octanol–water partition coefficient (Wildman–Crippen LogP) is 1.45. The van der Waals surface area contributed by atoms with E-state index in [9.17, 15) is 9.59 Å². The minimum atomic E-state index is -0.414. The highest BCUT2D eigenvalue weighted by Gasteiger charge is 2.28. The van der Waals surface area contributed by atoms with E-state index in [0.717, 1.165) is 12.8 Å². The number of nitrogens with one attached hydrogen (secondary N) is 2. The van der Waals surface area contributed by atoms with Crippen molar-refractivity contribution in [3.63, 3.8) is 0 Å². The van der Waals surface area contributed by atoms with Crippen LogP contribution in [0.2, 0.25) is 0 Å². The molecule has 17 heavy (non-hydrogen) atoms. The molecule has 3 unspecified atom stereocenters. The van der Waals surface area contributed by atoms with Gasteiger partial charge in [-0.2, -0.15) is 0 Å². The summed E-state index contributed by atoms with van der Waals surface area (Å²) in [4.78, 5) is 23.1. The lowest BCUT2D eigenvalue weighted by Gasteiger charge is -2.23. The summed E-state index contributed by atoms with van der Waals surface area (Å²) in [5, 5.41) is 5.76. The maximum atomic E-state index is 12.1. The largest absolute Gasteiger partial charge is 0.352 e. The zero-order chi connectivity index (χ0) is 13.0. The van der Waals surface area contributed by atoms with Crippen molar-refractivity contribution in [1.29, 1.82) is 0 Å². The van der Waals surface area contributed by atoms with E-state index in [1.54, 1.807) is 0 Å². The molecule has 0 aromatic rings. The van der Waals surface area contributed by atoms with Crippen LogP contribution in [-0.4, -0.2) is 23.9 Å². The molecule has 0 aromatic heterocycles. The summed E-state index contributed by atoms with van der Waals surface area (Å²) in [5.41, 5.74) is 0. The van der Waals surface area contributed by atoms with E-state index in [1.807, 2.05) is 13.8 Å². The lowest BCUT2D eigenvalue weighted by molar-refractivity contribution is -0.129. The van der Waals surface area contributed by atoms with Crippen LogP contribution in [0, 0.1) is 11.8 Å². The summed E-state index contributed by atoms with van der Waals surface area (Å²) in [6, 6.07) is -0.129. The molecular formula is C13H24N2O2. The average Bonchev–Trinajstić information content (AvgIpc) is 2.59. The number of rotatable bonds is 4. The normalized spacial score (nSPS) is 25.7. The fourth-order valence-corrected chi connectivity index (χ4v) is 2.38. The fraction of sp³-hybridized carbons (Fsp3) is 0.846. The van der Waals surface area contributed by atoms with E-state index in [-0.39, 0.29) is 23.8 Å². The van der Waals surface area contributed by atoms with Crippen LogP contribution in [0.4, 0.5) is 0 Å². The molecule has 0 spiro atoms. The van der Waals surface area contributed by atoms with E-state index < -0.39 is 6.04 Å². The Balaban J connectivity index is 2.50. The molecule has 2 amide bonds. The first-order valence-corrected chi connectivity index (χ1v) is 6.47. The number of amides is 2. The van der Waals surface area contributed by atoms with E-state index in [2.05, 4.69) is 17.6 Å². The van der Waals surface area contributed by atoms with Gasteiger partial charge in [0.2, 0.25) is 11.8 Å². The molecule has 1 aliphatic carbocycles. The first-order valence-electron chi connectivity index (χ1n) is 6.47. The Morgan fingerprint density at radius 3 is 2.29 bits per heavy atom. The van der Waals surface area contributed by atoms with Crippen LogP contribution in [0.5, 0.6) is 0 Å². The third-order valence-electron chi connectivity index (χ3n) is 3.35. The molecule has 4 heteroatoms. The standard InChI is InChI=1S/C13H24N2O2/c1-8(2)12(14-10(4)16)13(17)15-11-6-5-9(3)7-11/h8-9,11-12H,5-7H2,1-4H3,(H,14,16)(H,15,17). The minimum absolute atomic E-state index is 0.0469. The first-order chi connectivity index (χ1) is 7.90. The van der Waals surface area contributed by atoms with Gasteiger partial charge in [0, 0.05) is 13.0 Å². The van der Waals surface area contributed by atoms with Gasteiger partial charge in [-0.1, -0.05) is 20.8 Å². The van der Waals surface area contributed by atoms with Crippen molar-refractivity contribution < 1.29 is 9.59 Å². The third-order valence-corrected chi connectivity index (χ3v) is 3.35. The van der Waals surface area contributed by atoms with Crippen LogP contribution in [0.15, 0.2) is 0 Å². The zero-order valence-electron chi connectivity index (χ0n) is 11.2. The van der Waals surface area contributed by atoms with E-state index in [0.29, 0.717) is 5.92 Å². The Hall–Kier alpha value is -1.06. The Bertz CT molecular complexity index is 289. The van der Waals surface area contributed by atoms with Crippen LogP contribution in [0.3, 0.4) is 0 Å². The van der Waals surface area contributed by atoms with Gasteiger partial charge in [-0.3, -0.25) is 9.59 Å². The van der Waals surface area contributed by atoms with Crippen molar-refractivity contribution in [2.45, 2.75) is 59.0 Å². The van der Waals surface area contributed by atoms with E-state index in [4.69, 9.17) is 0 Å². The van der Waals surface area contributed by atoms with Gasteiger partial charge in [-0.25, -0.2) is 0 Å². The summed E-state index contributed by atoms with van der Waals surface area (Å²) < 4.78 is 0. The zero-order valence-corrected chi connectivity index (χ0v) is 11.2. The number of carbonyl (C=O) groups excluding carboxylic acids is 2. The molecule has 0 bridgehead atoms. The van der Waals surface area contributed by atoms with Crippen molar-refractivity contribution >= 4 is 11.8 Å². The van der Waals surface area contributed by atoms with Gasteiger partial charge < -0.3 is 10.6 Å². The number of carbonyl (C=O) groups is 2. The molecule has 0 heterocycles. The quantitative estimate of drug-likeness (QED) is 0.781.